The Labute approximate surface area is 183 Å². The third kappa shape index (κ3) is 3.38. The molecule has 0 aromatic carbocycles. The zero-order valence-electron chi connectivity index (χ0n) is 20.0. The van der Waals surface area contributed by atoms with Crippen LogP contribution in [0.2, 0.25) is 0 Å². The van der Waals surface area contributed by atoms with Gasteiger partial charge in [-0.3, -0.25) is 4.79 Å². The Balaban J connectivity index is 1.62. The van der Waals surface area contributed by atoms with E-state index < -0.39 is 0 Å². The molecule has 0 bridgehead atoms. The van der Waals surface area contributed by atoms with Gasteiger partial charge in [-0.05, 0) is 86.0 Å². The highest BCUT2D eigenvalue weighted by atomic mass is 16.3. The second kappa shape index (κ2) is 7.76. The summed E-state index contributed by atoms with van der Waals surface area (Å²) in [7, 11) is 0. The average molecular weight is 411 g/mol. The number of aliphatic hydroxyl groups is 1. The maximum atomic E-state index is 13.4. The molecule has 0 amide bonds. The fourth-order valence-corrected chi connectivity index (χ4v) is 7.30. The zero-order valence-corrected chi connectivity index (χ0v) is 20.0. The molecule has 166 valence electrons. The van der Waals surface area contributed by atoms with E-state index in [2.05, 4.69) is 53.7 Å². The first-order chi connectivity index (χ1) is 14.1. The van der Waals surface area contributed by atoms with Crippen LogP contribution in [0, 0.1) is 40.4 Å². The van der Waals surface area contributed by atoms with Crippen LogP contribution in [0.4, 0.5) is 0 Å². The van der Waals surface area contributed by atoms with E-state index in [1.807, 2.05) is 6.08 Å². The van der Waals surface area contributed by atoms with Gasteiger partial charge in [0.25, 0.3) is 0 Å². The van der Waals surface area contributed by atoms with E-state index in [9.17, 15) is 9.90 Å². The molecule has 0 radical (unpaired) electrons. The minimum atomic E-state index is -0.273. The van der Waals surface area contributed by atoms with E-state index in [0.717, 1.165) is 25.7 Å². The number of rotatable bonds is 4. The minimum absolute atomic E-state index is 0.0140. The summed E-state index contributed by atoms with van der Waals surface area (Å²) >= 11 is 0. The summed E-state index contributed by atoms with van der Waals surface area (Å²) in [6.07, 6.45) is 13.7. The molecule has 0 heterocycles. The number of fused-ring (bicyclic) bond motifs is 4. The van der Waals surface area contributed by atoms with Gasteiger partial charge in [-0.25, -0.2) is 0 Å². The predicted molar refractivity (Wildman–Crippen MR) is 124 cm³/mol. The maximum absolute atomic E-state index is 13.4. The molecule has 2 fully saturated rings. The molecule has 30 heavy (non-hydrogen) atoms. The van der Waals surface area contributed by atoms with Crippen LogP contribution in [-0.4, -0.2) is 17.0 Å². The SMILES string of the molecule is CC(C)[C@@H](C)C=C[C@@H](C)[C@H]1CC[C@H]2C3=C(CC[C@]12C)[C@@]1(C)CC[C@H](O)CC1=CC3=O. The fraction of sp³-hybridized carbons (Fsp3) is 0.750. The second-order valence-electron chi connectivity index (χ2n) is 11.7. The summed E-state index contributed by atoms with van der Waals surface area (Å²) in [5.74, 6) is 3.19. The molecular formula is C28H42O2. The average Bonchev–Trinajstić information content (AvgIpc) is 3.04. The monoisotopic (exact) mass is 410 g/mol. The summed E-state index contributed by atoms with van der Waals surface area (Å²) < 4.78 is 0. The smallest absolute Gasteiger partial charge is 0.182 e. The number of hydrogen-bond acceptors (Lipinski definition) is 2. The minimum Gasteiger partial charge on any atom is -0.393 e. The molecule has 4 rings (SSSR count). The van der Waals surface area contributed by atoms with Crippen LogP contribution in [0.25, 0.3) is 0 Å². The first kappa shape index (κ1) is 22.1. The molecule has 7 atom stereocenters. The Hall–Kier alpha value is -1.15. The first-order valence-corrected chi connectivity index (χ1v) is 12.4. The van der Waals surface area contributed by atoms with E-state index in [1.165, 1.54) is 29.6 Å². The quantitative estimate of drug-likeness (QED) is 0.527. The number of aliphatic hydroxyl groups excluding tert-OH is 1. The molecule has 0 aromatic heterocycles. The lowest BCUT2D eigenvalue weighted by atomic mass is 9.53. The number of hydrogen-bond donors (Lipinski definition) is 1. The molecule has 4 aliphatic carbocycles. The number of ketones is 1. The van der Waals surface area contributed by atoms with Crippen molar-refractivity contribution in [1.82, 2.24) is 0 Å². The van der Waals surface area contributed by atoms with Crippen LogP contribution in [0.3, 0.4) is 0 Å². The van der Waals surface area contributed by atoms with Crippen molar-refractivity contribution >= 4 is 5.78 Å². The Morgan fingerprint density at radius 3 is 2.50 bits per heavy atom. The van der Waals surface area contributed by atoms with Crippen LogP contribution < -0.4 is 0 Å². The number of allylic oxidation sites excluding steroid dienone is 5. The lowest BCUT2D eigenvalue weighted by Crippen LogP contribution is -2.44. The van der Waals surface area contributed by atoms with E-state index in [0.29, 0.717) is 36.0 Å². The van der Waals surface area contributed by atoms with Gasteiger partial charge < -0.3 is 5.11 Å². The first-order valence-electron chi connectivity index (χ1n) is 12.4. The Bertz CT molecular complexity index is 799. The molecule has 2 heteroatoms. The lowest BCUT2D eigenvalue weighted by Gasteiger charge is -2.51. The molecule has 0 saturated heterocycles. The summed E-state index contributed by atoms with van der Waals surface area (Å²) in [5.41, 5.74) is 4.06. The molecule has 4 aliphatic rings. The summed E-state index contributed by atoms with van der Waals surface area (Å²) in [5, 5.41) is 10.2. The largest absolute Gasteiger partial charge is 0.393 e. The molecular weight excluding hydrogens is 368 g/mol. The summed E-state index contributed by atoms with van der Waals surface area (Å²) in [6, 6.07) is 0. The zero-order chi connectivity index (χ0) is 21.8. The highest BCUT2D eigenvalue weighted by molar-refractivity contribution is 6.07. The standard InChI is InChI=1S/C28H42O2/c1-17(2)18(3)7-8-19(4)22-9-10-23-26-24(12-14-28(22,23)6)27(5)13-11-21(29)15-20(27)16-25(26)30/h7-8,16-19,21-23,29H,9-15H2,1-6H3/t18-,19+,21-,22+,23-,27-,28+/m0/s1. The Kier molecular flexibility index (Phi) is 5.71. The highest BCUT2D eigenvalue weighted by Crippen LogP contribution is 2.64. The van der Waals surface area contributed by atoms with Crippen molar-refractivity contribution in [3.63, 3.8) is 0 Å². The van der Waals surface area contributed by atoms with Crippen molar-refractivity contribution in [2.45, 2.75) is 92.6 Å². The van der Waals surface area contributed by atoms with E-state index >= 15 is 0 Å². The van der Waals surface area contributed by atoms with Gasteiger partial charge in [0.2, 0.25) is 0 Å². The topological polar surface area (TPSA) is 37.3 Å². The molecule has 0 aromatic rings. The highest BCUT2D eigenvalue weighted by Gasteiger charge is 2.56. The van der Waals surface area contributed by atoms with Crippen molar-refractivity contribution in [1.29, 1.82) is 0 Å². The molecule has 1 N–H and O–H groups in total. The Morgan fingerprint density at radius 1 is 1.07 bits per heavy atom. The van der Waals surface area contributed by atoms with E-state index in [1.54, 1.807) is 0 Å². The molecule has 0 unspecified atom stereocenters. The maximum Gasteiger partial charge on any atom is 0.182 e. The third-order valence-electron chi connectivity index (χ3n) is 9.78. The van der Waals surface area contributed by atoms with Gasteiger partial charge >= 0.3 is 0 Å². The van der Waals surface area contributed by atoms with Crippen molar-refractivity contribution in [2.24, 2.45) is 40.4 Å². The van der Waals surface area contributed by atoms with Gasteiger partial charge in [-0.1, -0.05) is 64.8 Å². The normalized spacial score (nSPS) is 40.9. The molecule has 2 nitrogen and oxygen atoms in total. The summed E-state index contributed by atoms with van der Waals surface area (Å²) in [4.78, 5) is 13.4. The van der Waals surface area contributed by atoms with Gasteiger partial charge in [0.05, 0.1) is 6.10 Å². The van der Waals surface area contributed by atoms with Gasteiger partial charge in [0.1, 0.15) is 0 Å². The molecule has 2 saturated carbocycles. The molecule has 0 aliphatic heterocycles. The number of carbonyl (C=O) groups excluding carboxylic acids is 1. The van der Waals surface area contributed by atoms with E-state index in [4.69, 9.17) is 0 Å². The van der Waals surface area contributed by atoms with Gasteiger partial charge in [-0.15, -0.1) is 0 Å². The van der Waals surface area contributed by atoms with Gasteiger partial charge in [0.15, 0.2) is 5.78 Å². The van der Waals surface area contributed by atoms with Gasteiger partial charge in [-0.2, -0.15) is 0 Å². The second-order valence-corrected chi connectivity index (χ2v) is 11.7. The van der Waals surface area contributed by atoms with Crippen molar-refractivity contribution in [3.05, 3.63) is 34.9 Å². The van der Waals surface area contributed by atoms with Crippen LogP contribution in [-0.2, 0) is 4.79 Å². The number of carbonyl (C=O) groups is 1. The van der Waals surface area contributed by atoms with Crippen molar-refractivity contribution in [3.8, 4) is 0 Å². The fourth-order valence-electron chi connectivity index (χ4n) is 7.30. The van der Waals surface area contributed by atoms with Gasteiger partial charge in [0, 0.05) is 11.0 Å². The molecule has 0 spiro atoms. The van der Waals surface area contributed by atoms with Crippen LogP contribution >= 0.6 is 0 Å². The van der Waals surface area contributed by atoms with Crippen molar-refractivity contribution in [2.75, 3.05) is 0 Å². The third-order valence-corrected chi connectivity index (χ3v) is 9.78. The van der Waals surface area contributed by atoms with Crippen LogP contribution in [0.1, 0.15) is 86.5 Å². The van der Waals surface area contributed by atoms with Crippen LogP contribution in [0.5, 0.6) is 0 Å². The Morgan fingerprint density at radius 2 is 1.80 bits per heavy atom. The van der Waals surface area contributed by atoms with Crippen molar-refractivity contribution < 1.29 is 9.90 Å². The van der Waals surface area contributed by atoms with E-state index in [-0.39, 0.29) is 22.7 Å². The lowest BCUT2D eigenvalue weighted by molar-refractivity contribution is -0.113. The van der Waals surface area contributed by atoms with Crippen LogP contribution in [0.15, 0.2) is 34.9 Å². The predicted octanol–water partition coefficient (Wildman–Crippen LogP) is 6.65. The summed E-state index contributed by atoms with van der Waals surface area (Å²) in [6.45, 7) is 14.1.